The van der Waals surface area contributed by atoms with E-state index >= 15 is 0 Å². The molecule has 1 fully saturated rings. The third-order valence-electron chi connectivity index (χ3n) is 2.12. The second kappa shape index (κ2) is 4.83. The number of rotatable bonds is 4. The van der Waals surface area contributed by atoms with Crippen LogP contribution in [0, 0.1) is 5.92 Å². The Morgan fingerprint density at radius 2 is 2.14 bits per heavy atom. The van der Waals surface area contributed by atoms with Crippen LogP contribution in [0.1, 0.15) is 20.3 Å². The van der Waals surface area contributed by atoms with Gasteiger partial charge in [0.1, 0.15) is 6.54 Å². The zero-order valence-corrected chi connectivity index (χ0v) is 8.50. The van der Waals surface area contributed by atoms with E-state index in [1.54, 1.807) is 6.92 Å². The highest BCUT2D eigenvalue weighted by atomic mass is 16.5. The second-order valence-corrected chi connectivity index (χ2v) is 3.45. The Morgan fingerprint density at radius 3 is 2.64 bits per heavy atom. The summed E-state index contributed by atoms with van der Waals surface area (Å²) in [7, 11) is 0. The molecule has 0 heterocycles. The molecule has 1 aliphatic carbocycles. The first-order valence-electron chi connectivity index (χ1n) is 4.83. The van der Waals surface area contributed by atoms with Crippen LogP contribution in [0.5, 0.6) is 0 Å². The maximum atomic E-state index is 11.1. The molecule has 80 valence electrons. The van der Waals surface area contributed by atoms with Gasteiger partial charge in [0.25, 0.3) is 0 Å². The first kappa shape index (κ1) is 10.8. The third-order valence-corrected chi connectivity index (χ3v) is 2.12. The Bertz CT molecular complexity index is 230. The molecule has 2 N–H and O–H groups in total. The van der Waals surface area contributed by atoms with Crippen molar-refractivity contribution in [1.29, 1.82) is 0 Å². The van der Waals surface area contributed by atoms with E-state index < -0.39 is 5.97 Å². The molecule has 2 unspecified atom stereocenters. The Hall–Kier alpha value is -1.26. The maximum absolute atomic E-state index is 11.1. The van der Waals surface area contributed by atoms with Crippen LogP contribution >= 0.6 is 0 Å². The highest BCUT2D eigenvalue weighted by Crippen LogP contribution is 2.28. The molecule has 1 aliphatic rings. The topological polar surface area (TPSA) is 67.4 Å². The van der Waals surface area contributed by atoms with Crippen molar-refractivity contribution in [2.45, 2.75) is 26.3 Å². The van der Waals surface area contributed by atoms with Crippen LogP contribution in [-0.4, -0.2) is 31.2 Å². The number of amides is 2. The summed E-state index contributed by atoms with van der Waals surface area (Å²) < 4.78 is 4.65. The van der Waals surface area contributed by atoms with Gasteiger partial charge in [-0.05, 0) is 19.3 Å². The fraction of sp³-hybridized carbons (Fsp3) is 0.778. The van der Waals surface area contributed by atoms with Gasteiger partial charge in [0.15, 0.2) is 0 Å². The SMILES string of the molecule is CCOC(=O)CNC(=O)NC1CC1C. The zero-order valence-electron chi connectivity index (χ0n) is 8.50. The first-order chi connectivity index (χ1) is 6.63. The lowest BCUT2D eigenvalue weighted by Gasteiger charge is -2.05. The van der Waals surface area contributed by atoms with Crippen LogP contribution in [0.4, 0.5) is 4.79 Å². The summed E-state index contributed by atoms with van der Waals surface area (Å²) >= 11 is 0. The van der Waals surface area contributed by atoms with Crippen LogP contribution in [0.3, 0.4) is 0 Å². The molecule has 0 saturated heterocycles. The molecule has 0 aromatic heterocycles. The van der Waals surface area contributed by atoms with Crippen molar-refractivity contribution >= 4 is 12.0 Å². The lowest BCUT2D eigenvalue weighted by Crippen LogP contribution is -2.40. The van der Waals surface area contributed by atoms with Crippen LogP contribution in [0.15, 0.2) is 0 Å². The number of carbonyl (C=O) groups excluding carboxylic acids is 2. The fourth-order valence-electron chi connectivity index (χ4n) is 1.11. The lowest BCUT2D eigenvalue weighted by molar-refractivity contribution is -0.141. The Morgan fingerprint density at radius 1 is 1.50 bits per heavy atom. The summed E-state index contributed by atoms with van der Waals surface area (Å²) in [6, 6.07) is -0.0235. The number of hydrogen-bond acceptors (Lipinski definition) is 3. The Balaban J connectivity index is 2.05. The van der Waals surface area contributed by atoms with Crippen molar-refractivity contribution in [2.75, 3.05) is 13.2 Å². The van der Waals surface area contributed by atoms with Gasteiger partial charge in [-0.2, -0.15) is 0 Å². The first-order valence-corrected chi connectivity index (χ1v) is 4.83. The van der Waals surface area contributed by atoms with Crippen molar-refractivity contribution in [3.05, 3.63) is 0 Å². The summed E-state index contributed by atoms with van der Waals surface area (Å²) in [6.45, 7) is 4.06. The van der Waals surface area contributed by atoms with Gasteiger partial charge in [-0.15, -0.1) is 0 Å². The number of carbonyl (C=O) groups is 2. The van der Waals surface area contributed by atoms with Crippen molar-refractivity contribution in [3.63, 3.8) is 0 Å². The van der Waals surface area contributed by atoms with Crippen LogP contribution in [-0.2, 0) is 9.53 Å². The number of nitrogens with one attached hydrogen (secondary N) is 2. The van der Waals surface area contributed by atoms with E-state index in [1.807, 2.05) is 0 Å². The van der Waals surface area contributed by atoms with Crippen molar-refractivity contribution in [3.8, 4) is 0 Å². The van der Waals surface area contributed by atoms with Crippen LogP contribution in [0.25, 0.3) is 0 Å². The van der Waals surface area contributed by atoms with Crippen molar-refractivity contribution < 1.29 is 14.3 Å². The van der Waals surface area contributed by atoms with E-state index in [2.05, 4.69) is 22.3 Å². The molecule has 0 aliphatic heterocycles. The van der Waals surface area contributed by atoms with Crippen molar-refractivity contribution in [2.24, 2.45) is 5.92 Å². The average molecular weight is 200 g/mol. The third kappa shape index (κ3) is 3.64. The molecule has 0 radical (unpaired) electrons. The minimum Gasteiger partial charge on any atom is -0.465 e. The van der Waals surface area contributed by atoms with E-state index in [-0.39, 0.29) is 18.6 Å². The minimum absolute atomic E-state index is 0.0687. The number of hydrogen-bond donors (Lipinski definition) is 2. The molecule has 0 bridgehead atoms. The van der Waals surface area contributed by atoms with Gasteiger partial charge in [0, 0.05) is 6.04 Å². The monoisotopic (exact) mass is 200 g/mol. The van der Waals surface area contributed by atoms with Gasteiger partial charge in [0.05, 0.1) is 6.61 Å². The van der Waals surface area contributed by atoms with E-state index in [0.717, 1.165) is 6.42 Å². The minimum atomic E-state index is -0.411. The molecule has 5 nitrogen and oxygen atoms in total. The zero-order chi connectivity index (χ0) is 10.6. The van der Waals surface area contributed by atoms with Gasteiger partial charge in [0.2, 0.25) is 0 Å². The quantitative estimate of drug-likeness (QED) is 0.639. The standard InChI is InChI=1S/C9H16N2O3/c1-3-14-8(12)5-10-9(13)11-7-4-6(7)2/h6-7H,3-5H2,1-2H3,(H2,10,11,13). The smallest absolute Gasteiger partial charge is 0.325 e. The molecule has 1 rings (SSSR count). The van der Waals surface area contributed by atoms with E-state index in [0.29, 0.717) is 12.5 Å². The summed E-state index contributed by atoms with van der Waals surface area (Å²) in [6.07, 6.45) is 1.02. The van der Waals surface area contributed by atoms with Gasteiger partial charge >= 0.3 is 12.0 Å². The predicted molar refractivity (Wildman–Crippen MR) is 50.7 cm³/mol. The van der Waals surface area contributed by atoms with E-state index in [9.17, 15) is 9.59 Å². The molecule has 2 atom stereocenters. The Labute approximate surface area is 83.2 Å². The molecule has 0 aromatic carbocycles. The molecular weight excluding hydrogens is 184 g/mol. The van der Waals surface area contributed by atoms with Gasteiger partial charge in [-0.25, -0.2) is 4.79 Å². The lowest BCUT2D eigenvalue weighted by atomic mass is 10.5. The van der Waals surface area contributed by atoms with Crippen molar-refractivity contribution in [1.82, 2.24) is 10.6 Å². The highest BCUT2D eigenvalue weighted by Gasteiger charge is 2.33. The van der Waals surface area contributed by atoms with Gasteiger partial charge in [-0.1, -0.05) is 6.92 Å². The number of ether oxygens (including phenoxy) is 1. The molecule has 0 aromatic rings. The molecule has 14 heavy (non-hydrogen) atoms. The highest BCUT2D eigenvalue weighted by molar-refractivity contribution is 5.81. The van der Waals surface area contributed by atoms with E-state index in [4.69, 9.17) is 0 Å². The van der Waals surface area contributed by atoms with E-state index in [1.165, 1.54) is 0 Å². The summed E-state index contributed by atoms with van der Waals surface area (Å²) in [5, 5.41) is 5.18. The predicted octanol–water partition coefficient (Wildman–Crippen LogP) is 0.257. The number of urea groups is 1. The maximum Gasteiger partial charge on any atom is 0.325 e. The van der Waals surface area contributed by atoms with Gasteiger partial charge < -0.3 is 15.4 Å². The van der Waals surface area contributed by atoms with Crippen LogP contribution in [0.2, 0.25) is 0 Å². The average Bonchev–Trinajstić information content (AvgIpc) is 2.79. The second-order valence-electron chi connectivity index (χ2n) is 3.45. The summed E-state index contributed by atoms with van der Waals surface area (Å²) in [5.74, 6) is 0.148. The molecular formula is C9H16N2O3. The largest absolute Gasteiger partial charge is 0.465 e. The normalized spacial score (nSPS) is 23.9. The number of esters is 1. The summed E-state index contributed by atoms with van der Waals surface area (Å²) in [5.41, 5.74) is 0. The fourth-order valence-corrected chi connectivity index (χ4v) is 1.11. The molecule has 2 amide bonds. The molecule has 0 spiro atoms. The molecule has 1 saturated carbocycles. The Kier molecular flexibility index (Phi) is 3.73. The van der Waals surface area contributed by atoms with Crippen LogP contribution < -0.4 is 10.6 Å². The van der Waals surface area contributed by atoms with Gasteiger partial charge in [-0.3, -0.25) is 4.79 Å². The summed E-state index contributed by atoms with van der Waals surface area (Å²) in [4.78, 5) is 22.0. The molecule has 5 heteroatoms.